The van der Waals surface area contributed by atoms with E-state index in [2.05, 4.69) is 34.3 Å². The minimum Gasteiger partial charge on any atom is -0.348 e. The number of nitrogens with one attached hydrogen (secondary N) is 3. The number of likely N-dealkylation sites (N-methyl/N-ethyl adjacent to an activating group) is 1. The fourth-order valence-electron chi connectivity index (χ4n) is 5.07. The Morgan fingerprint density at radius 2 is 1.68 bits per heavy atom. The van der Waals surface area contributed by atoms with Crippen LogP contribution >= 0.6 is 0 Å². The summed E-state index contributed by atoms with van der Waals surface area (Å²) in [6.07, 6.45) is 8.21. The first-order valence-corrected chi connectivity index (χ1v) is 13.8. The molecule has 2 aliphatic rings. The van der Waals surface area contributed by atoms with Crippen molar-refractivity contribution in [1.82, 2.24) is 26.0 Å². The summed E-state index contributed by atoms with van der Waals surface area (Å²) in [5.74, 6) is -1.06. The highest BCUT2D eigenvalue weighted by Gasteiger charge is 2.34. The minimum absolute atomic E-state index is 0.0859. The van der Waals surface area contributed by atoms with Gasteiger partial charge in [-0.05, 0) is 69.1 Å². The van der Waals surface area contributed by atoms with Crippen LogP contribution in [0.5, 0.6) is 0 Å². The van der Waals surface area contributed by atoms with Crippen LogP contribution in [0.15, 0.2) is 30.3 Å². The third kappa shape index (κ3) is 7.66. The van der Waals surface area contributed by atoms with Crippen LogP contribution in [0.4, 0.5) is 0 Å². The lowest BCUT2D eigenvalue weighted by Gasteiger charge is -2.36. The van der Waals surface area contributed by atoms with Crippen LogP contribution in [0.25, 0.3) is 6.08 Å². The van der Waals surface area contributed by atoms with Gasteiger partial charge in [-0.3, -0.25) is 24.2 Å². The Balaban J connectivity index is 1.82. The molecule has 38 heavy (non-hydrogen) atoms. The van der Waals surface area contributed by atoms with Gasteiger partial charge >= 0.3 is 0 Å². The molecule has 1 saturated heterocycles. The molecule has 0 radical (unpaired) electrons. The highest BCUT2D eigenvalue weighted by atomic mass is 16.2. The van der Waals surface area contributed by atoms with Crippen LogP contribution in [0.3, 0.4) is 0 Å². The Hall–Kier alpha value is -3.20. The van der Waals surface area contributed by atoms with E-state index in [1.807, 2.05) is 39.0 Å². The summed E-state index contributed by atoms with van der Waals surface area (Å²) in [5.41, 5.74) is 5.10. The quantitative estimate of drug-likeness (QED) is 0.522. The average Bonchev–Trinajstić information content (AvgIpc) is 2.89. The van der Waals surface area contributed by atoms with E-state index in [0.29, 0.717) is 25.8 Å². The molecule has 3 N–H and O–H groups in total. The van der Waals surface area contributed by atoms with E-state index in [4.69, 9.17) is 0 Å². The van der Waals surface area contributed by atoms with E-state index in [-0.39, 0.29) is 35.6 Å². The number of amides is 4. The highest BCUT2D eigenvalue weighted by molar-refractivity contribution is 5.92. The minimum atomic E-state index is -0.812. The van der Waals surface area contributed by atoms with Gasteiger partial charge in [0.05, 0.1) is 6.04 Å². The zero-order chi connectivity index (χ0) is 27.8. The maximum Gasteiger partial charge on any atom is 0.258 e. The smallest absolute Gasteiger partial charge is 0.258 e. The molecule has 2 aliphatic heterocycles. The van der Waals surface area contributed by atoms with Crippen molar-refractivity contribution in [2.45, 2.75) is 90.4 Å². The van der Waals surface area contributed by atoms with Crippen LogP contribution < -0.4 is 16.1 Å². The summed E-state index contributed by atoms with van der Waals surface area (Å²) < 4.78 is 0. The summed E-state index contributed by atoms with van der Waals surface area (Å²) in [4.78, 5) is 53.8. The molecule has 9 nitrogen and oxygen atoms in total. The second-order valence-corrected chi connectivity index (χ2v) is 10.8. The Labute approximate surface area is 226 Å². The molecule has 1 aromatic rings. The zero-order valence-electron chi connectivity index (χ0n) is 23.3. The number of fused-ring (bicyclic) bond motifs is 4. The number of nitrogens with zero attached hydrogens (tertiary/aromatic N) is 2. The second kappa shape index (κ2) is 13.6. The van der Waals surface area contributed by atoms with Crippen LogP contribution in [0, 0.1) is 5.92 Å². The maximum atomic E-state index is 13.2. The van der Waals surface area contributed by atoms with E-state index in [1.165, 1.54) is 9.91 Å². The number of hydrogen-bond acceptors (Lipinski definition) is 5. The first kappa shape index (κ1) is 29.4. The van der Waals surface area contributed by atoms with Gasteiger partial charge in [-0.15, -0.1) is 0 Å². The fourth-order valence-corrected chi connectivity index (χ4v) is 5.07. The van der Waals surface area contributed by atoms with Gasteiger partial charge in [0.1, 0.15) is 18.1 Å². The summed E-state index contributed by atoms with van der Waals surface area (Å²) >= 11 is 0. The molecule has 4 amide bonds. The molecule has 4 bridgehead atoms. The zero-order valence-corrected chi connectivity index (χ0v) is 23.3. The van der Waals surface area contributed by atoms with E-state index in [0.717, 1.165) is 30.4 Å². The fraction of sp³-hybridized carbons (Fsp3) is 0.586. The van der Waals surface area contributed by atoms with Crippen molar-refractivity contribution in [2.75, 3.05) is 13.6 Å². The lowest BCUT2D eigenvalue weighted by Crippen LogP contribution is -2.62. The molecule has 9 heteroatoms. The first-order valence-electron chi connectivity index (χ1n) is 13.8. The van der Waals surface area contributed by atoms with Crippen molar-refractivity contribution < 1.29 is 19.2 Å². The van der Waals surface area contributed by atoms with Crippen molar-refractivity contribution >= 4 is 29.7 Å². The first-order chi connectivity index (χ1) is 18.1. The van der Waals surface area contributed by atoms with Crippen LogP contribution in [-0.2, 0) is 19.2 Å². The average molecular weight is 526 g/mol. The molecular formula is C29H43N5O4. The Morgan fingerprint density at radius 3 is 2.42 bits per heavy atom. The molecule has 208 valence electrons. The number of hydrogen-bond donors (Lipinski definition) is 3. The monoisotopic (exact) mass is 525 g/mol. The number of allylic oxidation sites excluding steroid dienone is 1. The molecule has 1 fully saturated rings. The highest BCUT2D eigenvalue weighted by Crippen LogP contribution is 2.18. The summed E-state index contributed by atoms with van der Waals surface area (Å²) in [6.45, 7) is 7.80. The van der Waals surface area contributed by atoms with Gasteiger partial charge in [0.25, 0.3) is 5.91 Å². The van der Waals surface area contributed by atoms with Gasteiger partial charge < -0.3 is 15.5 Å². The number of rotatable bonds is 1. The van der Waals surface area contributed by atoms with E-state index >= 15 is 0 Å². The number of carbonyl (C=O) groups is 4. The predicted octanol–water partition coefficient (Wildman–Crippen LogP) is 2.93. The van der Waals surface area contributed by atoms with Gasteiger partial charge in [0.2, 0.25) is 17.7 Å². The van der Waals surface area contributed by atoms with Crippen molar-refractivity contribution in [2.24, 2.45) is 5.92 Å². The van der Waals surface area contributed by atoms with E-state index < -0.39 is 18.1 Å². The molecule has 1 unspecified atom stereocenters. The lowest BCUT2D eigenvalue weighted by molar-refractivity contribution is -0.145. The molecule has 4 atom stereocenters. The molecular weight excluding hydrogens is 482 g/mol. The molecule has 0 aromatic heterocycles. The molecule has 3 rings (SSSR count). The number of benzene rings is 1. The Morgan fingerprint density at radius 1 is 0.947 bits per heavy atom. The van der Waals surface area contributed by atoms with Crippen molar-refractivity contribution in [3.63, 3.8) is 0 Å². The Kier molecular flexibility index (Phi) is 10.5. The standard InChI is InChI=1S/C29H43N5O4/c1-19(2)26-28(37)31-21(4)29(38)34-17-11-15-24(32-34)27(36)30-20(3)23-14-10-13-22(18-23)12-8-6-7-9-16-25(35)33(26)5/h8,10,12-14,18-21,24,26,32H,6-7,9,11,15-17H2,1-5H3,(H,30,36)(H,31,37)/b12-8+/t20-,21?,24+,26+/m1/s1. The number of carbonyl (C=O) groups excluding carboxylic acids is 4. The van der Waals surface area contributed by atoms with Crippen LogP contribution in [-0.4, -0.2) is 65.3 Å². The maximum absolute atomic E-state index is 13.2. The lowest BCUT2D eigenvalue weighted by atomic mass is 10.0. The largest absolute Gasteiger partial charge is 0.348 e. The normalized spacial score (nSPS) is 27.7. The molecule has 0 aliphatic carbocycles. The molecule has 1 aromatic carbocycles. The third-order valence-electron chi connectivity index (χ3n) is 7.30. The Bertz CT molecular complexity index is 1040. The van der Waals surface area contributed by atoms with Crippen molar-refractivity contribution in [1.29, 1.82) is 0 Å². The van der Waals surface area contributed by atoms with Crippen LogP contribution in [0.1, 0.15) is 83.4 Å². The van der Waals surface area contributed by atoms with Gasteiger partial charge in [-0.25, -0.2) is 5.43 Å². The van der Waals surface area contributed by atoms with Crippen LogP contribution in [0.2, 0.25) is 0 Å². The van der Waals surface area contributed by atoms with Gasteiger partial charge in [0.15, 0.2) is 0 Å². The van der Waals surface area contributed by atoms with Gasteiger partial charge in [-0.1, -0.05) is 44.2 Å². The van der Waals surface area contributed by atoms with Gasteiger partial charge in [-0.2, -0.15) is 0 Å². The summed E-state index contributed by atoms with van der Waals surface area (Å²) in [7, 11) is 1.65. The third-order valence-corrected chi connectivity index (χ3v) is 7.30. The number of hydrazine groups is 1. The summed E-state index contributed by atoms with van der Waals surface area (Å²) in [6, 6.07) is 5.81. The van der Waals surface area contributed by atoms with E-state index in [1.54, 1.807) is 14.0 Å². The molecule has 0 saturated carbocycles. The SMILES string of the molecule is CC1NC(=O)[C@H](C(C)C)N(C)C(=O)CCCC/C=C/c2cccc(c2)[C@@H](C)NC(=O)[C@@H]2CCCN(N2)C1=O. The molecule has 0 spiro atoms. The predicted molar refractivity (Wildman–Crippen MR) is 147 cm³/mol. The van der Waals surface area contributed by atoms with Crippen molar-refractivity contribution in [3.8, 4) is 0 Å². The second-order valence-electron chi connectivity index (χ2n) is 10.8. The topological polar surface area (TPSA) is 111 Å². The van der Waals surface area contributed by atoms with Gasteiger partial charge in [0, 0.05) is 20.0 Å². The van der Waals surface area contributed by atoms with E-state index in [9.17, 15) is 19.2 Å². The summed E-state index contributed by atoms with van der Waals surface area (Å²) in [5, 5.41) is 7.30. The van der Waals surface area contributed by atoms with Crippen molar-refractivity contribution in [3.05, 3.63) is 41.5 Å². The molecule has 2 heterocycles.